The summed E-state index contributed by atoms with van der Waals surface area (Å²) in [6, 6.07) is 0. The molecule has 0 amide bonds. The molecular formula is C8H14O3. The summed E-state index contributed by atoms with van der Waals surface area (Å²) in [5.41, 5.74) is -0.418. The Labute approximate surface area is 66.9 Å². The van der Waals surface area contributed by atoms with Crippen LogP contribution in [0.25, 0.3) is 0 Å². The van der Waals surface area contributed by atoms with Gasteiger partial charge in [-0.3, -0.25) is 4.89 Å². The molecule has 0 aliphatic carbocycles. The van der Waals surface area contributed by atoms with Crippen LogP contribution >= 0.6 is 0 Å². The first-order valence-electron chi connectivity index (χ1n) is 3.54. The van der Waals surface area contributed by atoms with Crippen molar-refractivity contribution in [2.45, 2.75) is 32.8 Å². The molecule has 11 heavy (non-hydrogen) atoms. The monoisotopic (exact) mass is 158 g/mol. The summed E-state index contributed by atoms with van der Waals surface area (Å²) in [6.45, 7) is 8.85. The molecule has 0 aromatic rings. The van der Waals surface area contributed by atoms with Gasteiger partial charge >= 0.3 is 5.97 Å². The van der Waals surface area contributed by atoms with E-state index < -0.39 is 11.6 Å². The van der Waals surface area contributed by atoms with Crippen molar-refractivity contribution >= 4 is 5.97 Å². The molecular weight excluding hydrogens is 144 g/mol. The molecule has 0 aliphatic rings. The topological polar surface area (TPSA) is 35.5 Å². The van der Waals surface area contributed by atoms with Gasteiger partial charge in [-0.25, -0.2) is 4.79 Å². The highest BCUT2D eigenvalue weighted by Crippen LogP contribution is 2.13. The lowest BCUT2D eigenvalue weighted by atomic mass is 10.1. The van der Waals surface area contributed by atoms with E-state index in [2.05, 4.69) is 11.5 Å². The van der Waals surface area contributed by atoms with E-state index in [0.29, 0.717) is 0 Å². The predicted octanol–water partition coefficient (Wildman–Crippen LogP) is 1.84. The maximum absolute atomic E-state index is 10.5. The van der Waals surface area contributed by atoms with E-state index in [0.717, 1.165) is 12.5 Å². The first kappa shape index (κ1) is 10.2. The summed E-state index contributed by atoms with van der Waals surface area (Å²) in [4.78, 5) is 19.7. The largest absolute Gasteiger partial charge is 0.365 e. The third-order valence-corrected chi connectivity index (χ3v) is 1.37. The second-order valence-corrected chi connectivity index (χ2v) is 2.80. The molecule has 0 aliphatic heterocycles. The average molecular weight is 158 g/mol. The van der Waals surface area contributed by atoms with Gasteiger partial charge in [-0.1, -0.05) is 13.5 Å². The summed E-state index contributed by atoms with van der Waals surface area (Å²) >= 11 is 0. The smallest absolute Gasteiger partial charge is 0.293 e. The highest BCUT2D eigenvalue weighted by molar-refractivity contribution is 5.80. The van der Waals surface area contributed by atoms with E-state index in [-0.39, 0.29) is 0 Å². The standard InChI is InChI=1S/C8H14O3/c1-5-7(9)10-11-8(3,4)6-2/h5H,1,6H2,2-4H3. The molecule has 0 saturated carbocycles. The second-order valence-electron chi connectivity index (χ2n) is 2.80. The summed E-state index contributed by atoms with van der Waals surface area (Å²) in [5.74, 6) is -0.563. The Morgan fingerprint density at radius 1 is 1.64 bits per heavy atom. The molecule has 0 spiro atoms. The number of hydrogen-bond acceptors (Lipinski definition) is 3. The van der Waals surface area contributed by atoms with Crippen molar-refractivity contribution in [1.82, 2.24) is 0 Å². The van der Waals surface area contributed by atoms with Crippen molar-refractivity contribution < 1.29 is 14.6 Å². The Morgan fingerprint density at radius 3 is 2.55 bits per heavy atom. The van der Waals surface area contributed by atoms with Crippen LogP contribution in [-0.4, -0.2) is 11.6 Å². The fraction of sp³-hybridized carbons (Fsp3) is 0.625. The second kappa shape index (κ2) is 4.13. The van der Waals surface area contributed by atoms with Crippen molar-refractivity contribution in [3.05, 3.63) is 12.7 Å². The SMILES string of the molecule is C=CC(=O)OOC(C)(C)CC. The van der Waals surface area contributed by atoms with Crippen molar-refractivity contribution in [2.75, 3.05) is 0 Å². The zero-order valence-electron chi connectivity index (χ0n) is 7.22. The molecule has 0 aromatic heterocycles. The molecule has 0 radical (unpaired) electrons. The van der Waals surface area contributed by atoms with Gasteiger partial charge in [-0.2, -0.15) is 4.89 Å². The average Bonchev–Trinajstić information content (AvgIpc) is 2.00. The molecule has 0 N–H and O–H groups in total. The van der Waals surface area contributed by atoms with Crippen molar-refractivity contribution in [1.29, 1.82) is 0 Å². The van der Waals surface area contributed by atoms with E-state index in [4.69, 9.17) is 4.89 Å². The lowest BCUT2D eigenvalue weighted by Gasteiger charge is -2.19. The van der Waals surface area contributed by atoms with E-state index in [1.165, 1.54) is 0 Å². The number of rotatable bonds is 4. The molecule has 0 atom stereocenters. The van der Waals surface area contributed by atoms with Gasteiger partial charge in [-0.05, 0) is 20.3 Å². The zero-order chi connectivity index (χ0) is 8.91. The Morgan fingerprint density at radius 2 is 2.18 bits per heavy atom. The molecule has 3 nitrogen and oxygen atoms in total. The Kier molecular flexibility index (Phi) is 3.82. The number of hydrogen-bond donors (Lipinski definition) is 0. The summed E-state index contributed by atoms with van der Waals surface area (Å²) in [5, 5.41) is 0. The number of carbonyl (C=O) groups excluding carboxylic acids is 1. The van der Waals surface area contributed by atoms with E-state index in [9.17, 15) is 4.79 Å². The summed E-state index contributed by atoms with van der Waals surface area (Å²) in [6.07, 6.45) is 1.84. The molecule has 64 valence electrons. The van der Waals surface area contributed by atoms with Crippen LogP contribution in [0.15, 0.2) is 12.7 Å². The quantitative estimate of drug-likeness (QED) is 0.356. The fourth-order valence-corrected chi connectivity index (χ4v) is 0.247. The lowest BCUT2D eigenvalue weighted by molar-refractivity contribution is -0.321. The predicted molar refractivity (Wildman–Crippen MR) is 41.7 cm³/mol. The van der Waals surface area contributed by atoms with Crippen molar-refractivity contribution in [3.63, 3.8) is 0 Å². The Balaban J connectivity index is 3.69. The highest BCUT2D eigenvalue weighted by atomic mass is 17.2. The normalized spacial score (nSPS) is 10.8. The summed E-state index contributed by atoms with van der Waals surface area (Å²) in [7, 11) is 0. The van der Waals surface area contributed by atoms with E-state index in [1.54, 1.807) is 0 Å². The van der Waals surface area contributed by atoms with Crippen LogP contribution < -0.4 is 0 Å². The maximum Gasteiger partial charge on any atom is 0.365 e. The maximum atomic E-state index is 10.5. The van der Waals surface area contributed by atoms with Gasteiger partial charge < -0.3 is 0 Å². The van der Waals surface area contributed by atoms with Crippen LogP contribution in [-0.2, 0) is 14.6 Å². The van der Waals surface area contributed by atoms with Crippen LogP contribution in [0, 0.1) is 0 Å². The number of carbonyl (C=O) groups is 1. The summed E-state index contributed by atoms with van der Waals surface area (Å²) < 4.78 is 0. The van der Waals surface area contributed by atoms with Gasteiger partial charge in [0.2, 0.25) is 0 Å². The zero-order valence-corrected chi connectivity index (χ0v) is 7.22. The molecule has 0 bridgehead atoms. The molecule has 0 unspecified atom stereocenters. The van der Waals surface area contributed by atoms with Crippen molar-refractivity contribution in [3.8, 4) is 0 Å². The van der Waals surface area contributed by atoms with Crippen LogP contribution in [0.4, 0.5) is 0 Å². The van der Waals surface area contributed by atoms with E-state index in [1.807, 2.05) is 20.8 Å². The Bertz CT molecular complexity index is 149. The third-order valence-electron chi connectivity index (χ3n) is 1.37. The van der Waals surface area contributed by atoms with Gasteiger partial charge in [0.15, 0.2) is 0 Å². The van der Waals surface area contributed by atoms with Gasteiger partial charge in [0.25, 0.3) is 0 Å². The highest BCUT2D eigenvalue weighted by Gasteiger charge is 2.18. The van der Waals surface area contributed by atoms with Crippen LogP contribution in [0.2, 0.25) is 0 Å². The van der Waals surface area contributed by atoms with Gasteiger partial charge in [-0.15, -0.1) is 0 Å². The van der Waals surface area contributed by atoms with Gasteiger partial charge in [0.1, 0.15) is 5.60 Å². The first-order chi connectivity index (χ1) is 5.02. The molecule has 0 aromatic carbocycles. The van der Waals surface area contributed by atoms with Gasteiger partial charge in [0.05, 0.1) is 0 Å². The van der Waals surface area contributed by atoms with Gasteiger partial charge in [0, 0.05) is 6.08 Å². The third kappa shape index (κ3) is 4.56. The van der Waals surface area contributed by atoms with Crippen LogP contribution in [0.3, 0.4) is 0 Å². The molecule has 0 saturated heterocycles. The minimum absolute atomic E-state index is 0.418. The van der Waals surface area contributed by atoms with Crippen molar-refractivity contribution in [2.24, 2.45) is 0 Å². The molecule has 0 heterocycles. The molecule has 0 fully saturated rings. The van der Waals surface area contributed by atoms with Crippen LogP contribution in [0.5, 0.6) is 0 Å². The Hall–Kier alpha value is -0.830. The van der Waals surface area contributed by atoms with Crippen LogP contribution in [0.1, 0.15) is 27.2 Å². The molecule has 0 rings (SSSR count). The molecule has 3 heteroatoms. The first-order valence-corrected chi connectivity index (χ1v) is 3.54. The van der Waals surface area contributed by atoms with E-state index >= 15 is 0 Å². The minimum atomic E-state index is -0.563. The lowest BCUT2D eigenvalue weighted by Crippen LogP contribution is -2.24. The fourth-order valence-electron chi connectivity index (χ4n) is 0.247. The minimum Gasteiger partial charge on any atom is -0.293 e.